The van der Waals surface area contributed by atoms with Gasteiger partial charge in [0, 0.05) is 32.6 Å². The minimum atomic E-state index is -0.313. The van der Waals surface area contributed by atoms with Crippen molar-refractivity contribution in [3.05, 3.63) is 71.0 Å². The molecule has 2 aromatic rings. The largest absolute Gasteiger partial charge is 0.450 e. The SMILES string of the molecule is CCOC(=O)N1CCN(CC(=O)N2N=C(c3cccc(C)c3)CC2c2ccc(F)cc2)CC1. The predicted octanol–water partition coefficient (Wildman–Crippen LogP) is 3.59. The lowest BCUT2D eigenvalue weighted by molar-refractivity contribution is -0.134. The van der Waals surface area contributed by atoms with E-state index >= 15 is 0 Å². The van der Waals surface area contributed by atoms with Gasteiger partial charge in [0.15, 0.2) is 0 Å². The third kappa shape index (κ3) is 5.39. The second-order valence-electron chi connectivity index (χ2n) is 8.39. The third-order valence-electron chi connectivity index (χ3n) is 6.03. The van der Waals surface area contributed by atoms with Gasteiger partial charge in [-0.15, -0.1) is 0 Å². The minimum Gasteiger partial charge on any atom is -0.450 e. The van der Waals surface area contributed by atoms with Gasteiger partial charge in [-0.25, -0.2) is 14.2 Å². The highest BCUT2D eigenvalue weighted by atomic mass is 19.1. The highest BCUT2D eigenvalue weighted by Crippen LogP contribution is 2.33. The number of piperazine rings is 1. The lowest BCUT2D eigenvalue weighted by Gasteiger charge is -2.34. The molecule has 2 heterocycles. The predicted molar refractivity (Wildman–Crippen MR) is 123 cm³/mol. The molecule has 0 saturated carbocycles. The van der Waals surface area contributed by atoms with Crippen LogP contribution >= 0.6 is 0 Å². The van der Waals surface area contributed by atoms with Crippen molar-refractivity contribution in [2.75, 3.05) is 39.3 Å². The molecule has 33 heavy (non-hydrogen) atoms. The lowest BCUT2D eigenvalue weighted by Crippen LogP contribution is -2.51. The zero-order chi connectivity index (χ0) is 23.4. The van der Waals surface area contributed by atoms with Gasteiger partial charge in [-0.1, -0.05) is 42.0 Å². The molecule has 4 rings (SSSR count). The van der Waals surface area contributed by atoms with Gasteiger partial charge in [0.1, 0.15) is 5.82 Å². The molecule has 0 radical (unpaired) electrons. The van der Waals surface area contributed by atoms with Crippen LogP contribution < -0.4 is 0 Å². The summed E-state index contributed by atoms with van der Waals surface area (Å²) in [5.74, 6) is -0.425. The molecule has 1 fully saturated rings. The molecule has 0 aromatic heterocycles. The Morgan fingerprint density at radius 1 is 1.09 bits per heavy atom. The summed E-state index contributed by atoms with van der Waals surface area (Å²) in [7, 11) is 0. The number of hydrogen-bond acceptors (Lipinski definition) is 5. The Morgan fingerprint density at radius 3 is 2.48 bits per heavy atom. The average Bonchev–Trinajstić information content (AvgIpc) is 3.26. The van der Waals surface area contributed by atoms with Crippen LogP contribution in [0.15, 0.2) is 53.6 Å². The van der Waals surface area contributed by atoms with E-state index in [0.717, 1.165) is 22.4 Å². The van der Waals surface area contributed by atoms with Gasteiger partial charge in [-0.3, -0.25) is 9.69 Å². The van der Waals surface area contributed by atoms with Crippen LogP contribution in [0.3, 0.4) is 0 Å². The smallest absolute Gasteiger partial charge is 0.409 e. The fourth-order valence-electron chi connectivity index (χ4n) is 4.25. The number of hydrogen-bond donors (Lipinski definition) is 0. The van der Waals surface area contributed by atoms with Crippen LogP contribution in [-0.2, 0) is 9.53 Å². The van der Waals surface area contributed by atoms with Gasteiger partial charge < -0.3 is 9.64 Å². The van der Waals surface area contributed by atoms with Gasteiger partial charge in [-0.2, -0.15) is 5.10 Å². The van der Waals surface area contributed by atoms with Gasteiger partial charge in [-0.05, 0) is 37.1 Å². The number of nitrogens with zero attached hydrogens (tertiary/aromatic N) is 4. The maximum Gasteiger partial charge on any atom is 0.409 e. The number of halogens is 1. The first-order valence-electron chi connectivity index (χ1n) is 11.3. The summed E-state index contributed by atoms with van der Waals surface area (Å²) in [5, 5.41) is 6.25. The standard InChI is InChI=1S/C25H29FN4O3/c1-3-33-25(32)29-13-11-28(12-14-29)17-24(31)30-23(19-7-9-21(26)10-8-19)16-22(27-30)20-6-4-5-18(2)15-20/h4-10,15,23H,3,11-14,16-17H2,1-2H3. The van der Waals surface area contributed by atoms with E-state index in [-0.39, 0.29) is 30.4 Å². The molecule has 2 aliphatic heterocycles. The summed E-state index contributed by atoms with van der Waals surface area (Å²) in [6, 6.07) is 14.0. The van der Waals surface area contributed by atoms with E-state index in [1.807, 2.05) is 30.0 Å². The monoisotopic (exact) mass is 452 g/mol. The summed E-state index contributed by atoms with van der Waals surface area (Å²) in [5.41, 5.74) is 3.80. The minimum absolute atomic E-state index is 0.114. The highest BCUT2D eigenvalue weighted by molar-refractivity contribution is 6.03. The molecular weight excluding hydrogens is 423 g/mol. The Morgan fingerprint density at radius 2 is 1.82 bits per heavy atom. The molecule has 0 N–H and O–H groups in total. The van der Waals surface area contributed by atoms with E-state index in [4.69, 9.17) is 9.84 Å². The van der Waals surface area contributed by atoms with Crippen LogP contribution in [0.5, 0.6) is 0 Å². The molecule has 8 heteroatoms. The van der Waals surface area contributed by atoms with Crippen molar-refractivity contribution >= 4 is 17.7 Å². The van der Waals surface area contributed by atoms with Crippen LogP contribution in [0.25, 0.3) is 0 Å². The Bertz CT molecular complexity index is 1030. The third-order valence-corrected chi connectivity index (χ3v) is 6.03. The maximum atomic E-state index is 13.5. The summed E-state index contributed by atoms with van der Waals surface area (Å²) in [4.78, 5) is 28.9. The van der Waals surface area contributed by atoms with Crippen molar-refractivity contribution in [2.45, 2.75) is 26.3 Å². The number of carbonyl (C=O) groups is 2. The van der Waals surface area contributed by atoms with Crippen molar-refractivity contribution in [1.29, 1.82) is 0 Å². The van der Waals surface area contributed by atoms with Crippen molar-refractivity contribution in [1.82, 2.24) is 14.8 Å². The molecular formula is C25H29FN4O3. The molecule has 174 valence electrons. The fraction of sp³-hybridized carbons (Fsp3) is 0.400. The number of hydrazone groups is 1. The quantitative estimate of drug-likeness (QED) is 0.696. The topological polar surface area (TPSA) is 65.5 Å². The molecule has 0 spiro atoms. The first-order chi connectivity index (χ1) is 15.9. The van der Waals surface area contributed by atoms with Crippen molar-refractivity contribution in [3.8, 4) is 0 Å². The van der Waals surface area contributed by atoms with Crippen molar-refractivity contribution in [2.24, 2.45) is 5.10 Å². The van der Waals surface area contributed by atoms with Crippen LogP contribution in [0.2, 0.25) is 0 Å². The average molecular weight is 453 g/mol. The van der Waals surface area contributed by atoms with E-state index in [1.165, 1.54) is 12.1 Å². The number of aryl methyl sites for hydroxylation is 1. The summed E-state index contributed by atoms with van der Waals surface area (Å²) >= 11 is 0. The molecule has 7 nitrogen and oxygen atoms in total. The van der Waals surface area contributed by atoms with E-state index in [1.54, 1.807) is 29.0 Å². The van der Waals surface area contributed by atoms with Crippen LogP contribution in [0, 0.1) is 12.7 Å². The first-order valence-corrected chi connectivity index (χ1v) is 11.3. The van der Waals surface area contributed by atoms with Gasteiger partial charge in [0.2, 0.25) is 0 Å². The van der Waals surface area contributed by atoms with E-state index in [0.29, 0.717) is 39.2 Å². The number of carbonyl (C=O) groups excluding carboxylic acids is 2. The molecule has 1 saturated heterocycles. The second kappa shape index (κ2) is 10.1. The molecule has 0 bridgehead atoms. The summed E-state index contributed by atoms with van der Waals surface area (Å²) < 4.78 is 18.6. The number of rotatable bonds is 5. The normalized spacial score (nSPS) is 18.9. The van der Waals surface area contributed by atoms with Gasteiger partial charge >= 0.3 is 6.09 Å². The molecule has 1 unspecified atom stereocenters. The van der Waals surface area contributed by atoms with Crippen LogP contribution in [0.4, 0.5) is 9.18 Å². The number of benzene rings is 2. The first kappa shape index (κ1) is 22.9. The fourth-order valence-corrected chi connectivity index (χ4v) is 4.25. The molecule has 0 aliphatic carbocycles. The van der Waals surface area contributed by atoms with Gasteiger partial charge in [0.25, 0.3) is 5.91 Å². The molecule has 2 aromatic carbocycles. The zero-order valence-corrected chi connectivity index (χ0v) is 19.0. The maximum absolute atomic E-state index is 13.5. The Labute approximate surface area is 193 Å². The van der Waals surface area contributed by atoms with E-state index in [2.05, 4.69) is 6.07 Å². The lowest BCUT2D eigenvalue weighted by atomic mass is 9.97. The zero-order valence-electron chi connectivity index (χ0n) is 19.0. The van der Waals surface area contributed by atoms with Gasteiger partial charge in [0.05, 0.1) is 24.9 Å². The summed E-state index contributed by atoms with van der Waals surface area (Å²) in [6.45, 7) is 6.58. The van der Waals surface area contributed by atoms with E-state index < -0.39 is 0 Å². The van der Waals surface area contributed by atoms with Crippen LogP contribution in [0.1, 0.15) is 36.1 Å². The number of amides is 2. The second-order valence-corrected chi connectivity index (χ2v) is 8.39. The molecule has 2 amide bonds. The highest BCUT2D eigenvalue weighted by Gasteiger charge is 2.34. The Kier molecular flexibility index (Phi) is 7.03. The van der Waals surface area contributed by atoms with Crippen molar-refractivity contribution in [3.63, 3.8) is 0 Å². The summed E-state index contributed by atoms with van der Waals surface area (Å²) in [6.07, 6.45) is 0.254. The number of ether oxygens (including phenoxy) is 1. The Balaban J connectivity index is 1.49. The molecule has 2 aliphatic rings. The Hall–Kier alpha value is -3.26. The van der Waals surface area contributed by atoms with E-state index in [9.17, 15) is 14.0 Å². The molecule has 1 atom stereocenters. The van der Waals surface area contributed by atoms with Crippen LogP contribution in [-0.4, -0.2) is 71.9 Å². The van der Waals surface area contributed by atoms with Crippen molar-refractivity contribution < 1.29 is 18.7 Å².